The van der Waals surface area contributed by atoms with Gasteiger partial charge in [0.1, 0.15) is 5.82 Å². The molecule has 124 valence electrons. The van der Waals surface area contributed by atoms with E-state index in [4.69, 9.17) is 0 Å². The lowest BCUT2D eigenvalue weighted by Crippen LogP contribution is -2.09. The average molecular weight is 320 g/mol. The topological polar surface area (TPSA) is 56.5 Å². The average Bonchev–Trinajstić information content (AvgIpc) is 3.10. The fraction of sp³-hybridized carbons (Fsp3) is 0.250. The SMILES string of the molecule is C/C=C\C=C/c1cnc(-c2c(C)[nH]c3ccc(NC(C)C)cc23)[nH]1. The number of benzene rings is 1. The Morgan fingerprint density at radius 3 is 2.75 bits per heavy atom. The molecule has 3 aromatic rings. The van der Waals surface area contributed by atoms with Crippen LogP contribution in [0.3, 0.4) is 0 Å². The van der Waals surface area contributed by atoms with Crippen molar-refractivity contribution in [2.45, 2.75) is 33.7 Å². The van der Waals surface area contributed by atoms with Crippen LogP contribution in [-0.2, 0) is 0 Å². The number of nitrogens with one attached hydrogen (secondary N) is 3. The molecule has 0 aliphatic heterocycles. The van der Waals surface area contributed by atoms with E-state index >= 15 is 0 Å². The van der Waals surface area contributed by atoms with Crippen molar-refractivity contribution in [1.82, 2.24) is 15.0 Å². The van der Waals surface area contributed by atoms with Gasteiger partial charge in [-0.05, 0) is 52.0 Å². The van der Waals surface area contributed by atoms with Gasteiger partial charge in [0.05, 0.1) is 11.9 Å². The Morgan fingerprint density at radius 1 is 1.17 bits per heavy atom. The van der Waals surface area contributed by atoms with E-state index in [9.17, 15) is 0 Å². The molecule has 4 heteroatoms. The Labute approximate surface area is 142 Å². The quantitative estimate of drug-likeness (QED) is 0.560. The summed E-state index contributed by atoms with van der Waals surface area (Å²) in [5.74, 6) is 0.889. The van der Waals surface area contributed by atoms with Crippen molar-refractivity contribution in [3.8, 4) is 11.4 Å². The molecular formula is C20H24N4. The van der Waals surface area contributed by atoms with Gasteiger partial charge in [-0.2, -0.15) is 0 Å². The molecule has 24 heavy (non-hydrogen) atoms. The third-order valence-corrected chi connectivity index (χ3v) is 3.85. The van der Waals surface area contributed by atoms with Crippen LogP contribution in [-0.4, -0.2) is 21.0 Å². The molecule has 0 amide bonds. The van der Waals surface area contributed by atoms with Gasteiger partial charge in [0.15, 0.2) is 0 Å². The fourth-order valence-corrected chi connectivity index (χ4v) is 2.87. The summed E-state index contributed by atoms with van der Waals surface area (Å²) in [6.45, 7) is 8.37. The molecule has 0 saturated carbocycles. The normalized spacial score (nSPS) is 12.2. The second-order valence-electron chi connectivity index (χ2n) is 6.26. The first kappa shape index (κ1) is 16.1. The maximum atomic E-state index is 4.57. The van der Waals surface area contributed by atoms with Gasteiger partial charge in [0.2, 0.25) is 0 Å². The van der Waals surface area contributed by atoms with Crippen LogP contribution in [0, 0.1) is 6.92 Å². The van der Waals surface area contributed by atoms with E-state index < -0.39 is 0 Å². The number of H-pyrrole nitrogens is 2. The highest BCUT2D eigenvalue weighted by Gasteiger charge is 2.14. The number of aromatic amines is 2. The Hall–Kier alpha value is -2.75. The van der Waals surface area contributed by atoms with Gasteiger partial charge in [0.25, 0.3) is 0 Å². The third-order valence-electron chi connectivity index (χ3n) is 3.85. The zero-order valence-electron chi connectivity index (χ0n) is 14.6. The van der Waals surface area contributed by atoms with Crippen LogP contribution in [0.1, 0.15) is 32.2 Å². The number of rotatable bonds is 5. The summed E-state index contributed by atoms with van der Waals surface area (Å²) in [5, 5.41) is 4.64. The van der Waals surface area contributed by atoms with Gasteiger partial charge >= 0.3 is 0 Å². The van der Waals surface area contributed by atoms with Crippen LogP contribution in [0.2, 0.25) is 0 Å². The molecule has 3 N–H and O–H groups in total. The lowest BCUT2D eigenvalue weighted by molar-refractivity contribution is 0.900. The van der Waals surface area contributed by atoms with Gasteiger partial charge in [-0.25, -0.2) is 4.98 Å². The zero-order valence-corrected chi connectivity index (χ0v) is 14.6. The molecule has 2 aromatic heterocycles. The van der Waals surface area contributed by atoms with E-state index in [0.29, 0.717) is 6.04 Å². The molecule has 0 atom stereocenters. The number of aromatic nitrogens is 3. The van der Waals surface area contributed by atoms with Crippen LogP contribution < -0.4 is 5.32 Å². The molecule has 0 bridgehead atoms. The van der Waals surface area contributed by atoms with Gasteiger partial charge in [-0.1, -0.05) is 18.2 Å². The van der Waals surface area contributed by atoms with Gasteiger partial charge in [0, 0.05) is 33.9 Å². The molecule has 1 aromatic carbocycles. The lowest BCUT2D eigenvalue weighted by atomic mass is 10.1. The lowest BCUT2D eigenvalue weighted by Gasteiger charge is -2.10. The molecule has 0 radical (unpaired) electrons. The zero-order chi connectivity index (χ0) is 17.1. The van der Waals surface area contributed by atoms with Crippen LogP contribution >= 0.6 is 0 Å². The van der Waals surface area contributed by atoms with E-state index in [-0.39, 0.29) is 0 Å². The maximum absolute atomic E-state index is 4.57. The van der Waals surface area contributed by atoms with E-state index in [1.54, 1.807) is 0 Å². The molecule has 0 saturated heterocycles. The van der Waals surface area contributed by atoms with E-state index in [2.05, 4.69) is 59.2 Å². The molecule has 3 rings (SSSR count). The van der Waals surface area contributed by atoms with Crippen molar-refractivity contribution in [3.63, 3.8) is 0 Å². The first-order chi connectivity index (χ1) is 11.6. The third kappa shape index (κ3) is 3.27. The molecule has 0 aliphatic rings. The summed E-state index contributed by atoms with van der Waals surface area (Å²) in [6, 6.07) is 6.81. The van der Waals surface area contributed by atoms with Crippen molar-refractivity contribution in [1.29, 1.82) is 0 Å². The summed E-state index contributed by atoms with van der Waals surface area (Å²) >= 11 is 0. The first-order valence-corrected chi connectivity index (χ1v) is 8.32. The standard InChI is InChI=1S/C20H24N4/c1-5-6-7-8-16-12-21-20(24-16)19-14(4)23-18-10-9-15(11-17(18)19)22-13(2)3/h5-13,22-23H,1-4H3,(H,21,24)/b6-5-,8-7-. The number of imidazole rings is 1. The van der Waals surface area contributed by atoms with Crippen molar-refractivity contribution in [2.24, 2.45) is 0 Å². The summed E-state index contributed by atoms with van der Waals surface area (Å²) in [7, 11) is 0. The molecule has 0 spiro atoms. The van der Waals surface area contributed by atoms with Crippen LogP contribution in [0.25, 0.3) is 28.4 Å². The number of hydrogen-bond donors (Lipinski definition) is 3. The van der Waals surface area contributed by atoms with E-state index in [1.165, 1.54) is 5.39 Å². The largest absolute Gasteiger partial charge is 0.383 e. The highest BCUT2D eigenvalue weighted by Crippen LogP contribution is 2.32. The molecule has 0 unspecified atom stereocenters. The number of hydrogen-bond acceptors (Lipinski definition) is 2. The molecule has 0 aliphatic carbocycles. The predicted molar refractivity (Wildman–Crippen MR) is 103 cm³/mol. The van der Waals surface area contributed by atoms with E-state index in [0.717, 1.165) is 34.0 Å². The highest BCUT2D eigenvalue weighted by atomic mass is 14.9. The Bertz CT molecular complexity index is 894. The van der Waals surface area contributed by atoms with Crippen molar-refractivity contribution in [3.05, 3.63) is 54.0 Å². The number of fused-ring (bicyclic) bond motifs is 1. The molecule has 4 nitrogen and oxygen atoms in total. The van der Waals surface area contributed by atoms with Gasteiger partial charge in [-0.15, -0.1) is 0 Å². The smallest absolute Gasteiger partial charge is 0.140 e. The Kier molecular flexibility index (Phi) is 4.56. The van der Waals surface area contributed by atoms with E-state index in [1.807, 2.05) is 37.4 Å². The Morgan fingerprint density at radius 2 is 2.00 bits per heavy atom. The summed E-state index contributed by atoms with van der Waals surface area (Å²) in [6.07, 6.45) is 9.89. The monoisotopic (exact) mass is 320 g/mol. The fourth-order valence-electron chi connectivity index (χ4n) is 2.87. The van der Waals surface area contributed by atoms with Gasteiger partial charge in [-0.3, -0.25) is 0 Å². The maximum Gasteiger partial charge on any atom is 0.140 e. The second-order valence-corrected chi connectivity index (χ2v) is 6.26. The molecule has 0 fully saturated rings. The Balaban J connectivity index is 2.03. The van der Waals surface area contributed by atoms with Crippen LogP contribution in [0.5, 0.6) is 0 Å². The number of nitrogens with zero attached hydrogens (tertiary/aromatic N) is 1. The minimum absolute atomic E-state index is 0.401. The summed E-state index contributed by atoms with van der Waals surface area (Å²) in [5.41, 5.74) is 5.48. The van der Waals surface area contributed by atoms with Crippen LogP contribution in [0.4, 0.5) is 5.69 Å². The summed E-state index contributed by atoms with van der Waals surface area (Å²) < 4.78 is 0. The molecular weight excluding hydrogens is 296 g/mol. The highest BCUT2D eigenvalue weighted by molar-refractivity contribution is 5.97. The summed E-state index contributed by atoms with van der Waals surface area (Å²) in [4.78, 5) is 11.4. The predicted octanol–water partition coefficient (Wildman–Crippen LogP) is 5.28. The minimum atomic E-state index is 0.401. The molecule has 2 heterocycles. The van der Waals surface area contributed by atoms with Crippen molar-refractivity contribution >= 4 is 22.7 Å². The van der Waals surface area contributed by atoms with Crippen LogP contribution in [0.15, 0.2) is 42.6 Å². The minimum Gasteiger partial charge on any atom is -0.383 e. The van der Waals surface area contributed by atoms with Crippen molar-refractivity contribution in [2.75, 3.05) is 5.32 Å². The first-order valence-electron chi connectivity index (χ1n) is 8.32. The van der Waals surface area contributed by atoms with Crippen molar-refractivity contribution < 1.29 is 0 Å². The second kappa shape index (κ2) is 6.79. The number of anilines is 1. The number of allylic oxidation sites excluding steroid dienone is 3. The number of aryl methyl sites for hydroxylation is 1. The van der Waals surface area contributed by atoms with Gasteiger partial charge < -0.3 is 15.3 Å².